The van der Waals surface area contributed by atoms with Crippen molar-refractivity contribution in [2.24, 2.45) is 0 Å². The highest BCUT2D eigenvalue weighted by atomic mass is 32.1. The number of furan rings is 2. The molecule has 0 amide bonds. The van der Waals surface area contributed by atoms with Crippen molar-refractivity contribution >= 4 is 75.5 Å². The van der Waals surface area contributed by atoms with Crippen LogP contribution in [0.4, 0.5) is 0 Å². The summed E-state index contributed by atoms with van der Waals surface area (Å²) in [5.74, 6) is 2.42. The van der Waals surface area contributed by atoms with Gasteiger partial charge in [0.2, 0.25) is 0 Å². The number of thiophene rings is 1. The Kier molecular flexibility index (Phi) is 6.96. The summed E-state index contributed by atoms with van der Waals surface area (Å²) in [7, 11) is 0. The zero-order chi connectivity index (χ0) is 37.5. The second-order valence-corrected chi connectivity index (χ2v) is 15.1. The lowest BCUT2D eigenvalue weighted by Gasteiger charge is -2.09. The van der Waals surface area contributed by atoms with Gasteiger partial charge in [-0.25, -0.2) is 24.9 Å². The van der Waals surface area contributed by atoms with Crippen LogP contribution in [0.1, 0.15) is 0 Å². The van der Waals surface area contributed by atoms with E-state index in [1.54, 1.807) is 11.3 Å². The predicted molar refractivity (Wildman–Crippen MR) is 230 cm³/mol. The van der Waals surface area contributed by atoms with Gasteiger partial charge >= 0.3 is 0 Å². The Morgan fingerprint density at radius 1 is 0.333 bits per heavy atom. The molecular weight excluding hydrogens is 723 g/mol. The summed E-state index contributed by atoms with van der Waals surface area (Å²) in [6.45, 7) is 0. The molecule has 0 unspecified atom stereocenters. The molecule has 0 radical (unpaired) electrons. The van der Waals surface area contributed by atoms with E-state index in [9.17, 15) is 0 Å². The van der Waals surface area contributed by atoms with Gasteiger partial charge in [0, 0.05) is 64.1 Å². The Balaban J connectivity index is 0.989. The summed E-state index contributed by atoms with van der Waals surface area (Å²) in [5.41, 5.74) is 9.00. The van der Waals surface area contributed by atoms with Gasteiger partial charge in [0.15, 0.2) is 28.9 Å². The van der Waals surface area contributed by atoms with Crippen molar-refractivity contribution in [2.75, 3.05) is 0 Å². The van der Waals surface area contributed by atoms with Gasteiger partial charge in [-0.3, -0.25) is 0 Å². The van der Waals surface area contributed by atoms with Crippen LogP contribution in [-0.2, 0) is 0 Å². The Labute approximate surface area is 328 Å². The standard InChI is InChI=1S/C49H27N5O2S/c1-3-11-28(12-4-1)43-45-44(35-16-7-9-17-38(35)56-45)51-47(50-43)32-19-22-33-36-25-30(20-23-39(36)55-40(33)27-32)48-52-46(29-13-5-2-6-14-29)53-49(54-48)31-21-24-42-37(26-31)34-15-8-10-18-41(34)57-42/h1-27H. The fraction of sp³-hybridized carbons (Fsp3) is 0. The third kappa shape index (κ3) is 5.22. The first kappa shape index (κ1) is 31.8. The molecule has 7 nitrogen and oxygen atoms in total. The maximum Gasteiger partial charge on any atom is 0.180 e. The molecule has 0 fully saturated rings. The van der Waals surface area contributed by atoms with Gasteiger partial charge < -0.3 is 8.83 Å². The number of rotatable bonds is 5. The molecule has 5 heterocycles. The van der Waals surface area contributed by atoms with Crippen LogP contribution in [0, 0.1) is 0 Å². The predicted octanol–water partition coefficient (Wildman–Crippen LogP) is 13.2. The molecule has 0 N–H and O–H groups in total. The molecule has 57 heavy (non-hydrogen) atoms. The van der Waals surface area contributed by atoms with Crippen LogP contribution in [0.15, 0.2) is 173 Å². The van der Waals surface area contributed by atoms with Gasteiger partial charge in [0.05, 0.1) is 0 Å². The minimum Gasteiger partial charge on any atom is -0.456 e. The van der Waals surface area contributed by atoms with Crippen LogP contribution in [0.3, 0.4) is 0 Å². The number of benzene rings is 7. The molecular formula is C49H27N5O2S. The van der Waals surface area contributed by atoms with Crippen LogP contribution in [0.2, 0.25) is 0 Å². The first-order chi connectivity index (χ1) is 28.2. The largest absolute Gasteiger partial charge is 0.456 e. The Bertz CT molecular complexity index is 3540. The molecule has 8 heteroatoms. The summed E-state index contributed by atoms with van der Waals surface area (Å²) in [6, 6.07) is 55.4. The van der Waals surface area contributed by atoms with Crippen molar-refractivity contribution in [2.45, 2.75) is 0 Å². The molecule has 12 rings (SSSR count). The maximum absolute atomic E-state index is 6.49. The minimum atomic E-state index is 0.587. The number of nitrogens with zero attached hydrogens (tertiary/aromatic N) is 5. The SMILES string of the molecule is c1ccc(-c2nc(-c3ccc4oc5cc(-c6nc(-c7ccccc7)c7oc8ccccc8c7n6)ccc5c4c3)nc(-c3ccc4sc5ccccc5c4c3)n2)cc1. The van der Waals surface area contributed by atoms with Crippen molar-refractivity contribution in [3.8, 4) is 56.8 Å². The summed E-state index contributed by atoms with van der Waals surface area (Å²) in [5, 5.41) is 5.31. The lowest BCUT2D eigenvalue weighted by atomic mass is 10.1. The van der Waals surface area contributed by atoms with Crippen molar-refractivity contribution in [3.63, 3.8) is 0 Å². The van der Waals surface area contributed by atoms with Crippen LogP contribution in [-0.4, -0.2) is 24.9 Å². The molecule has 0 aliphatic carbocycles. The Morgan fingerprint density at radius 2 is 0.912 bits per heavy atom. The quantitative estimate of drug-likeness (QED) is 0.173. The third-order valence-electron chi connectivity index (χ3n) is 10.6. The van der Waals surface area contributed by atoms with E-state index in [1.165, 1.54) is 20.2 Å². The van der Waals surface area contributed by atoms with Crippen molar-refractivity contribution < 1.29 is 8.83 Å². The van der Waals surface area contributed by atoms with Crippen LogP contribution < -0.4 is 0 Å². The first-order valence-corrected chi connectivity index (χ1v) is 19.5. The van der Waals surface area contributed by atoms with E-state index >= 15 is 0 Å². The highest BCUT2D eigenvalue weighted by Gasteiger charge is 2.20. The summed E-state index contributed by atoms with van der Waals surface area (Å²) in [4.78, 5) is 25.3. The summed E-state index contributed by atoms with van der Waals surface area (Å²) >= 11 is 1.80. The second kappa shape index (κ2) is 12.5. The Hall–Kier alpha value is -7.55. The van der Waals surface area contributed by atoms with Crippen LogP contribution in [0.25, 0.3) is 121 Å². The number of hydrogen-bond donors (Lipinski definition) is 0. The molecule has 0 aliphatic heterocycles. The highest BCUT2D eigenvalue weighted by Crippen LogP contribution is 2.39. The highest BCUT2D eigenvalue weighted by molar-refractivity contribution is 7.25. The molecule has 0 spiro atoms. The van der Waals surface area contributed by atoms with Gasteiger partial charge in [-0.15, -0.1) is 11.3 Å². The molecule has 0 saturated heterocycles. The zero-order valence-corrected chi connectivity index (χ0v) is 30.9. The maximum atomic E-state index is 6.49. The fourth-order valence-corrected chi connectivity index (χ4v) is 8.87. The molecule has 0 atom stereocenters. The molecule has 12 aromatic rings. The molecule has 0 bridgehead atoms. The minimum absolute atomic E-state index is 0.587. The lowest BCUT2D eigenvalue weighted by molar-refractivity contribution is 0.667. The molecule has 5 aromatic heterocycles. The van der Waals surface area contributed by atoms with Crippen LogP contribution in [0.5, 0.6) is 0 Å². The van der Waals surface area contributed by atoms with Crippen molar-refractivity contribution in [3.05, 3.63) is 164 Å². The molecule has 0 saturated carbocycles. The number of para-hydroxylation sites is 1. The van der Waals surface area contributed by atoms with E-state index in [4.69, 9.17) is 33.8 Å². The fourth-order valence-electron chi connectivity index (χ4n) is 7.78. The topological polar surface area (TPSA) is 90.7 Å². The van der Waals surface area contributed by atoms with Gasteiger partial charge in [-0.2, -0.15) is 0 Å². The zero-order valence-electron chi connectivity index (χ0n) is 30.0. The third-order valence-corrected chi connectivity index (χ3v) is 11.7. The monoisotopic (exact) mass is 749 g/mol. The van der Waals surface area contributed by atoms with Gasteiger partial charge in [0.25, 0.3) is 0 Å². The number of fused-ring (bicyclic) bond motifs is 9. The molecule has 7 aromatic carbocycles. The van der Waals surface area contributed by atoms with E-state index in [0.29, 0.717) is 28.9 Å². The van der Waals surface area contributed by atoms with Gasteiger partial charge in [0.1, 0.15) is 28.0 Å². The van der Waals surface area contributed by atoms with E-state index < -0.39 is 0 Å². The summed E-state index contributed by atoms with van der Waals surface area (Å²) in [6.07, 6.45) is 0. The molecule has 0 aliphatic rings. The normalized spacial score (nSPS) is 11.9. The van der Waals surface area contributed by atoms with Crippen LogP contribution >= 0.6 is 11.3 Å². The number of aromatic nitrogens is 5. The van der Waals surface area contributed by atoms with Crippen molar-refractivity contribution in [1.29, 1.82) is 0 Å². The summed E-state index contributed by atoms with van der Waals surface area (Å²) < 4.78 is 15.3. The van der Waals surface area contributed by atoms with E-state index in [0.717, 1.165) is 71.9 Å². The molecule has 266 valence electrons. The van der Waals surface area contributed by atoms with E-state index in [-0.39, 0.29) is 0 Å². The Morgan fingerprint density at radius 3 is 1.72 bits per heavy atom. The van der Waals surface area contributed by atoms with E-state index in [1.807, 2.05) is 103 Å². The lowest BCUT2D eigenvalue weighted by Crippen LogP contribution is -2.00. The smallest absolute Gasteiger partial charge is 0.180 e. The van der Waals surface area contributed by atoms with E-state index in [2.05, 4.69) is 60.7 Å². The van der Waals surface area contributed by atoms with Gasteiger partial charge in [-0.1, -0.05) is 97.1 Å². The number of hydrogen-bond acceptors (Lipinski definition) is 8. The van der Waals surface area contributed by atoms with Gasteiger partial charge in [-0.05, 0) is 66.7 Å². The first-order valence-electron chi connectivity index (χ1n) is 18.7. The average molecular weight is 750 g/mol. The average Bonchev–Trinajstić information content (AvgIpc) is 3.97. The second-order valence-electron chi connectivity index (χ2n) is 14.0. The van der Waals surface area contributed by atoms with Crippen molar-refractivity contribution in [1.82, 2.24) is 24.9 Å².